The predicted octanol–water partition coefficient (Wildman–Crippen LogP) is 2.65. The number of hydrogen-bond donors (Lipinski definition) is 0. The van der Waals surface area contributed by atoms with Crippen LogP contribution in [0.5, 0.6) is 5.75 Å². The first-order valence-corrected chi connectivity index (χ1v) is 8.13. The number of rotatable bonds is 7. The van der Waals surface area contributed by atoms with Crippen LogP contribution in [0, 0.1) is 28.6 Å². The van der Waals surface area contributed by atoms with E-state index in [1.54, 1.807) is 0 Å². The predicted molar refractivity (Wildman–Crippen MR) is 90.2 cm³/mol. The van der Waals surface area contributed by atoms with Crippen LogP contribution in [0.4, 0.5) is 5.69 Å². The monoisotopic (exact) mass is 312 g/mol. The Bertz CT molecular complexity index is 589. The smallest absolute Gasteiger partial charge is 0.143 e. The van der Waals surface area contributed by atoms with Crippen LogP contribution < -0.4 is 9.64 Å². The number of benzene rings is 1. The molecule has 0 aromatic heterocycles. The third-order valence-corrected chi connectivity index (χ3v) is 4.14. The molecule has 0 bridgehead atoms. The Morgan fingerprint density at radius 3 is 2.87 bits per heavy atom. The maximum atomic E-state index is 9.19. The van der Waals surface area contributed by atoms with Gasteiger partial charge in [-0.2, -0.15) is 10.5 Å². The number of ether oxygens (including phenoxy) is 1. The molecule has 1 aliphatic heterocycles. The van der Waals surface area contributed by atoms with E-state index in [1.807, 2.05) is 25.2 Å². The molecule has 0 saturated heterocycles. The molecule has 1 heterocycles. The SMILES string of the molecule is CCN1CC(CN(C)CC(C#N)CCC#N)Oc2ccccc21. The standard InChI is InChI=1S/C18H24N4O/c1-3-22-14-16(23-18-9-5-4-8-17(18)22)13-21(2)12-15(11-20)7-6-10-19/h4-5,8-9,15-16H,3,6-7,12-14H2,1-2H3. The van der Waals surface area contributed by atoms with E-state index in [1.165, 1.54) is 0 Å². The van der Waals surface area contributed by atoms with Crippen molar-refractivity contribution < 1.29 is 4.74 Å². The Hall–Kier alpha value is -2.24. The van der Waals surface area contributed by atoms with Crippen molar-refractivity contribution in [2.45, 2.75) is 25.9 Å². The first kappa shape index (κ1) is 17.1. The van der Waals surface area contributed by atoms with Crippen LogP contribution in [-0.4, -0.2) is 44.2 Å². The fourth-order valence-corrected chi connectivity index (χ4v) is 3.01. The molecular formula is C18H24N4O. The molecule has 0 N–H and O–H groups in total. The highest BCUT2D eigenvalue weighted by molar-refractivity contribution is 5.60. The molecule has 122 valence electrons. The van der Waals surface area contributed by atoms with Gasteiger partial charge in [-0.05, 0) is 32.5 Å². The van der Waals surface area contributed by atoms with Crippen LogP contribution in [0.3, 0.4) is 0 Å². The van der Waals surface area contributed by atoms with E-state index in [4.69, 9.17) is 10.00 Å². The average Bonchev–Trinajstić information content (AvgIpc) is 2.57. The van der Waals surface area contributed by atoms with Crippen molar-refractivity contribution in [3.05, 3.63) is 24.3 Å². The molecule has 0 radical (unpaired) electrons. The Kier molecular flexibility index (Phi) is 6.26. The molecule has 23 heavy (non-hydrogen) atoms. The van der Waals surface area contributed by atoms with Gasteiger partial charge in [0.05, 0.1) is 30.3 Å². The normalized spacial score (nSPS) is 17.8. The maximum absolute atomic E-state index is 9.19. The van der Waals surface area contributed by atoms with E-state index < -0.39 is 0 Å². The van der Waals surface area contributed by atoms with Gasteiger partial charge in [0.15, 0.2) is 0 Å². The van der Waals surface area contributed by atoms with Crippen LogP contribution >= 0.6 is 0 Å². The summed E-state index contributed by atoms with van der Waals surface area (Å²) in [5.74, 6) is 0.832. The second-order valence-corrected chi connectivity index (χ2v) is 5.99. The Balaban J connectivity index is 1.93. The molecule has 1 aliphatic rings. The van der Waals surface area contributed by atoms with Crippen molar-refractivity contribution in [2.75, 3.05) is 38.1 Å². The Morgan fingerprint density at radius 1 is 1.39 bits per heavy atom. The Morgan fingerprint density at radius 2 is 2.17 bits per heavy atom. The lowest BCUT2D eigenvalue weighted by Gasteiger charge is -2.37. The molecule has 1 aromatic carbocycles. The third-order valence-electron chi connectivity index (χ3n) is 4.14. The van der Waals surface area contributed by atoms with Gasteiger partial charge in [-0.1, -0.05) is 12.1 Å². The first-order valence-electron chi connectivity index (χ1n) is 8.13. The average molecular weight is 312 g/mol. The summed E-state index contributed by atoms with van der Waals surface area (Å²) in [5, 5.41) is 17.8. The van der Waals surface area contributed by atoms with Crippen LogP contribution in [-0.2, 0) is 0 Å². The molecule has 2 unspecified atom stereocenters. The summed E-state index contributed by atoms with van der Waals surface area (Å²) in [6.07, 6.45) is 1.15. The van der Waals surface area contributed by atoms with Crippen molar-refractivity contribution in [1.82, 2.24) is 4.90 Å². The zero-order valence-electron chi connectivity index (χ0n) is 13.9. The quantitative estimate of drug-likeness (QED) is 0.774. The van der Waals surface area contributed by atoms with Crippen molar-refractivity contribution >= 4 is 5.69 Å². The van der Waals surface area contributed by atoms with Gasteiger partial charge in [-0.3, -0.25) is 0 Å². The second kappa shape index (κ2) is 8.41. The van der Waals surface area contributed by atoms with Gasteiger partial charge in [0.2, 0.25) is 0 Å². The minimum atomic E-state index is -0.0993. The highest BCUT2D eigenvalue weighted by Crippen LogP contribution is 2.32. The molecule has 5 nitrogen and oxygen atoms in total. The minimum absolute atomic E-state index is 0.0881. The van der Waals surface area contributed by atoms with Gasteiger partial charge in [0.1, 0.15) is 11.9 Å². The number of anilines is 1. The zero-order valence-corrected chi connectivity index (χ0v) is 13.9. The highest BCUT2D eigenvalue weighted by atomic mass is 16.5. The van der Waals surface area contributed by atoms with E-state index in [2.05, 4.69) is 34.9 Å². The summed E-state index contributed by atoms with van der Waals surface area (Å²) >= 11 is 0. The van der Waals surface area contributed by atoms with Gasteiger partial charge >= 0.3 is 0 Å². The van der Waals surface area contributed by atoms with Crippen LogP contribution in [0.25, 0.3) is 0 Å². The molecule has 0 fully saturated rings. The molecule has 1 aromatic rings. The fourth-order valence-electron chi connectivity index (χ4n) is 3.01. The van der Waals surface area contributed by atoms with Crippen molar-refractivity contribution in [3.8, 4) is 17.9 Å². The Labute approximate surface area is 138 Å². The van der Waals surface area contributed by atoms with E-state index in [-0.39, 0.29) is 12.0 Å². The zero-order chi connectivity index (χ0) is 16.7. The molecule has 2 rings (SSSR count). The second-order valence-electron chi connectivity index (χ2n) is 5.99. The van der Waals surface area contributed by atoms with E-state index in [0.29, 0.717) is 19.4 Å². The molecule has 0 aliphatic carbocycles. The third kappa shape index (κ3) is 4.61. The lowest BCUT2D eigenvalue weighted by molar-refractivity contribution is 0.137. The molecular weight excluding hydrogens is 288 g/mol. The minimum Gasteiger partial charge on any atom is -0.485 e. The van der Waals surface area contributed by atoms with Crippen molar-refractivity contribution in [1.29, 1.82) is 10.5 Å². The number of likely N-dealkylation sites (N-methyl/N-ethyl adjacent to an activating group) is 2. The number of nitriles is 2. The summed E-state index contributed by atoms with van der Waals surface area (Å²) < 4.78 is 6.11. The van der Waals surface area contributed by atoms with Gasteiger partial charge in [-0.15, -0.1) is 0 Å². The van der Waals surface area contributed by atoms with Crippen molar-refractivity contribution in [2.24, 2.45) is 5.92 Å². The first-order chi connectivity index (χ1) is 11.2. The van der Waals surface area contributed by atoms with E-state index in [9.17, 15) is 5.26 Å². The van der Waals surface area contributed by atoms with Gasteiger partial charge in [0.25, 0.3) is 0 Å². The summed E-state index contributed by atoms with van der Waals surface area (Å²) in [6, 6.07) is 12.5. The summed E-state index contributed by atoms with van der Waals surface area (Å²) in [5.41, 5.74) is 1.15. The van der Waals surface area contributed by atoms with Gasteiger partial charge in [0, 0.05) is 26.1 Å². The molecule has 0 amide bonds. The number of fused-ring (bicyclic) bond motifs is 1. The summed E-state index contributed by atoms with van der Waals surface area (Å²) in [6.45, 7) is 5.40. The van der Waals surface area contributed by atoms with Gasteiger partial charge in [-0.25, -0.2) is 0 Å². The van der Waals surface area contributed by atoms with E-state index >= 15 is 0 Å². The largest absolute Gasteiger partial charge is 0.485 e. The van der Waals surface area contributed by atoms with Crippen LogP contribution in [0.2, 0.25) is 0 Å². The topological polar surface area (TPSA) is 63.3 Å². The van der Waals surface area contributed by atoms with Crippen LogP contribution in [0.1, 0.15) is 19.8 Å². The fraction of sp³-hybridized carbons (Fsp3) is 0.556. The van der Waals surface area contributed by atoms with E-state index in [0.717, 1.165) is 31.1 Å². The maximum Gasteiger partial charge on any atom is 0.143 e. The lowest BCUT2D eigenvalue weighted by atomic mass is 10.0. The number of para-hydroxylation sites is 2. The lowest BCUT2D eigenvalue weighted by Crippen LogP contribution is -2.46. The van der Waals surface area contributed by atoms with Crippen LogP contribution in [0.15, 0.2) is 24.3 Å². The molecule has 5 heteroatoms. The number of nitrogens with zero attached hydrogens (tertiary/aromatic N) is 4. The highest BCUT2D eigenvalue weighted by Gasteiger charge is 2.26. The summed E-state index contributed by atoms with van der Waals surface area (Å²) in [7, 11) is 2.01. The molecule has 0 spiro atoms. The van der Waals surface area contributed by atoms with Crippen molar-refractivity contribution in [3.63, 3.8) is 0 Å². The number of hydrogen-bond acceptors (Lipinski definition) is 5. The molecule has 0 saturated carbocycles. The summed E-state index contributed by atoms with van der Waals surface area (Å²) in [4.78, 5) is 4.46. The van der Waals surface area contributed by atoms with Gasteiger partial charge < -0.3 is 14.5 Å². The molecule has 2 atom stereocenters.